The van der Waals surface area contributed by atoms with E-state index in [1.807, 2.05) is 30.3 Å². The molecular weight excluding hydrogens is 733 g/mol. The molecule has 1 aliphatic rings. The second kappa shape index (κ2) is 11.8. The van der Waals surface area contributed by atoms with Crippen LogP contribution in [0.15, 0.2) is 196 Å². The maximum Gasteiger partial charge on any atom is 0.159 e. The second-order valence-electron chi connectivity index (χ2n) is 16.1. The fourth-order valence-electron chi connectivity index (χ4n) is 10.4. The lowest BCUT2D eigenvalue weighted by Crippen LogP contribution is -2.34. The summed E-state index contributed by atoms with van der Waals surface area (Å²) in [5.41, 5.74) is 8.12. The Morgan fingerprint density at radius 2 is 1.07 bits per heavy atom. The third-order valence-corrected chi connectivity index (χ3v) is 12.9. The molecule has 0 radical (unpaired) electrons. The number of furan rings is 1. The van der Waals surface area contributed by atoms with Gasteiger partial charge in [0.05, 0.1) is 16.7 Å². The van der Waals surface area contributed by atoms with Crippen LogP contribution < -0.4 is 5.32 Å². The Morgan fingerprint density at radius 1 is 0.433 bits per heavy atom. The standard InChI is InChI=1S/C55H32N4O/c1-2-13-31(14-3-1)53-56-54(32-25-28-48-42(29-32)37-19-9-11-24-47(37)60-48)58-55(57-53)41-20-8-10-22-44(41)59-45-23-12-21-38-33-15-4-5-16-34(33)40-27-26-39-35-17-6-7-18-36(35)43-30-46(59)52(50(38)45)51(40)49(39)43/h1-30,54H,(H,56,57,58). The van der Waals surface area contributed by atoms with E-state index in [0.29, 0.717) is 5.84 Å². The molecule has 11 aromatic carbocycles. The molecule has 0 saturated carbocycles. The van der Waals surface area contributed by atoms with Crippen molar-refractivity contribution in [3.63, 3.8) is 0 Å². The lowest BCUT2D eigenvalue weighted by Gasteiger charge is -2.25. The second-order valence-corrected chi connectivity index (χ2v) is 16.1. The van der Waals surface area contributed by atoms with Gasteiger partial charge in [0, 0.05) is 38.1 Å². The minimum atomic E-state index is -0.396. The van der Waals surface area contributed by atoms with Gasteiger partial charge in [0.25, 0.3) is 0 Å². The Morgan fingerprint density at radius 3 is 1.87 bits per heavy atom. The number of fused-ring (bicyclic) bond motifs is 9. The highest BCUT2D eigenvalue weighted by Crippen LogP contribution is 2.50. The van der Waals surface area contributed by atoms with Crippen LogP contribution in [0.2, 0.25) is 0 Å². The smallest absolute Gasteiger partial charge is 0.159 e. The van der Waals surface area contributed by atoms with Gasteiger partial charge >= 0.3 is 0 Å². The molecule has 1 aliphatic heterocycles. The van der Waals surface area contributed by atoms with Crippen LogP contribution in [0.4, 0.5) is 0 Å². The van der Waals surface area contributed by atoms with Crippen LogP contribution in [0.5, 0.6) is 0 Å². The topological polar surface area (TPSA) is 54.8 Å². The highest BCUT2D eigenvalue weighted by Gasteiger charge is 2.28. The van der Waals surface area contributed by atoms with Crippen molar-refractivity contribution in [1.29, 1.82) is 0 Å². The maximum atomic E-state index is 6.23. The van der Waals surface area contributed by atoms with Gasteiger partial charge in [0.1, 0.15) is 23.2 Å². The molecule has 2 aromatic heterocycles. The Bertz CT molecular complexity index is 3980. The fourth-order valence-corrected chi connectivity index (χ4v) is 10.4. The summed E-state index contributed by atoms with van der Waals surface area (Å²) < 4.78 is 8.71. The predicted molar refractivity (Wildman–Crippen MR) is 250 cm³/mol. The summed E-state index contributed by atoms with van der Waals surface area (Å²) in [4.78, 5) is 10.6. The van der Waals surface area contributed by atoms with Gasteiger partial charge in [0.15, 0.2) is 5.84 Å². The minimum Gasteiger partial charge on any atom is -0.456 e. The fraction of sp³-hybridized carbons (Fsp3) is 0.0182. The normalized spacial score (nSPS) is 14.8. The number of nitrogens with one attached hydrogen (secondary N) is 1. The Labute approximate surface area is 342 Å². The number of nitrogens with zero attached hydrogens (tertiary/aromatic N) is 3. The summed E-state index contributed by atoms with van der Waals surface area (Å²) in [6, 6.07) is 65.4. The number of aromatic nitrogens is 1. The van der Waals surface area contributed by atoms with E-state index >= 15 is 0 Å². The van der Waals surface area contributed by atoms with E-state index < -0.39 is 6.17 Å². The van der Waals surface area contributed by atoms with Crippen molar-refractivity contribution in [2.75, 3.05) is 0 Å². The molecule has 1 N–H and O–H groups in total. The number of rotatable bonds is 4. The lowest BCUT2D eigenvalue weighted by atomic mass is 9.97. The van der Waals surface area contributed by atoms with E-state index in [0.717, 1.165) is 55.7 Å². The van der Waals surface area contributed by atoms with Gasteiger partial charge in [0.2, 0.25) is 0 Å². The quantitative estimate of drug-likeness (QED) is 0.194. The van der Waals surface area contributed by atoms with Crippen LogP contribution >= 0.6 is 0 Å². The van der Waals surface area contributed by atoms with Gasteiger partial charge in [-0.25, -0.2) is 9.98 Å². The SMILES string of the molecule is c1ccc(C2=NC(c3ccc4oc5ccccc5c4c3)NC(c3ccccc3-n3c4cccc5c6ccccc6c6ccc7c8ccccc8c8cc3c(c6c78)c54)=N2)cc1. The summed E-state index contributed by atoms with van der Waals surface area (Å²) in [7, 11) is 0. The van der Waals surface area contributed by atoms with Gasteiger partial charge in [-0.15, -0.1) is 0 Å². The first-order chi connectivity index (χ1) is 29.8. The van der Waals surface area contributed by atoms with E-state index in [1.165, 1.54) is 70.2 Å². The molecule has 13 aromatic rings. The highest BCUT2D eigenvalue weighted by atomic mass is 16.3. The van der Waals surface area contributed by atoms with Crippen molar-refractivity contribution in [2.45, 2.75) is 6.17 Å². The van der Waals surface area contributed by atoms with Crippen molar-refractivity contribution in [2.24, 2.45) is 9.98 Å². The number of para-hydroxylation sites is 2. The number of benzene rings is 9. The van der Waals surface area contributed by atoms with Gasteiger partial charge in [-0.2, -0.15) is 0 Å². The van der Waals surface area contributed by atoms with Gasteiger partial charge in [-0.1, -0.05) is 140 Å². The van der Waals surface area contributed by atoms with Crippen molar-refractivity contribution in [1.82, 2.24) is 9.88 Å². The van der Waals surface area contributed by atoms with Crippen molar-refractivity contribution in [3.8, 4) is 5.69 Å². The molecule has 5 nitrogen and oxygen atoms in total. The highest BCUT2D eigenvalue weighted by molar-refractivity contribution is 6.45. The summed E-state index contributed by atoms with van der Waals surface area (Å²) in [5, 5.41) is 21.4. The summed E-state index contributed by atoms with van der Waals surface area (Å²) in [6.45, 7) is 0. The van der Waals surface area contributed by atoms with Gasteiger partial charge in [-0.3, -0.25) is 0 Å². The molecule has 1 unspecified atom stereocenters. The maximum absolute atomic E-state index is 6.23. The number of hydrogen-bond acceptors (Lipinski definition) is 4. The molecule has 278 valence electrons. The lowest BCUT2D eigenvalue weighted by molar-refractivity contribution is 0.663. The summed E-state index contributed by atoms with van der Waals surface area (Å²) in [5.74, 6) is 1.45. The van der Waals surface area contributed by atoms with Gasteiger partial charge in [-0.05, 0) is 96.5 Å². The molecular formula is C55H32N4O. The zero-order chi connectivity index (χ0) is 39.1. The number of aliphatic imine (C=N–C) groups is 2. The molecule has 0 bridgehead atoms. The number of amidine groups is 2. The zero-order valence-electron chi connectivity index (χ0n) is 32.1. The molecule has 5 heteroatoms. The Kier molecular flexibility index (Phi) is 6.28. The minimum absolute atomic E-state index is 0.396. The summed E-state index contributed by atoms with van der Waals surface area (Å²) >= 11 is 0. The molecule has 0 fully saturated rings. The average Bonchev–Trinajstić information content (AvgIpc) is 3.94. The molecule has 1 atom stereocenters. The molecule has 0 saturated heterocycles. The first-order valence-electron chi connectivity index (χ1n) is 20.5. The van der Waals surface area contributed by atoms with Crippen molar-refractivity contribution < 1.29 is 4.42 Å². The van der Waals surface area contributed by atoms with Crippen LogP contribution in [-0.2, 0) is 0 Å². The van der Waals surface area contributed by atoms with E-state index in [9.17, 15) is 0 Å². The van der Waals surface area contributed by atoms with Crippen LogP contribution in [0, 0.1) is 0 Å². The van der Waals surface area contributed by atoms with Gasteiger partial charge < -0.3 is 14.3 Å². The summed E-state index contributed by atoms with van der Waals surface area (Å²) in [6.07, 6.45) is -0.396. The molecule has 60 heavy (non-hydrogen) atoms. The first kappa shape index (κ1) is 32.0. The van der Waals surface area contributed by atoms with Crippen LogP contribution in [0.3, 0.4) is 0 Å². The monoisotopic (exact) mass is 764 g/mol. The zero-order valence-corrected chi connectivity index (χ0v) is 32.1. The van der Waals surface area contributed by atoms with E-state index in [1.54, 1.807) is 0 Å². The molecule has 0 aliphatic carbocycles. The largest absolute Gasteiger partial charge is 0.456 e. The van der Waals surface area contributed by atoms with Crippen LogP contribution in [0.25, 0.3) is 103 Å². The van der Waals surface area contributed by atoms with E-state index in [2.05, 4.69) is 162 Å². The van der Waals surface area contributed by atoms with Crippen LogP contribution in [-0.4, -0.2) is 16.2 Å². The molecule has 3 heterocycles. The molecule has 14 rings (SSSR count). The predicted octanol–water partition coefficient (Wildman–Crippen LogP) is 13.8. The Balaban J connectivity index is 1.06. The Hall–Kier alpha value is -8.02. The average molecular weight is 765 g/mol. The van der Waals surface area contributed by atoms with E-state index in [4.69, 9.17) is 14.4 Å². The number of hydrogen-bond donors (Lipinski definition) is 1. The first-order valence-corrected chi connectivity index (χ1v) is 20.5. The molecule has 0 amide bonds. The molecule has 0 spiro atoms. The van der Waals surface area contributed by atoms with Crippen molar-refractivity contribution >= 4 is 109 Å². The van der Waals surface area contributed by atoms with Crippen LogP contribution in [0.1, 0.15) is 22.9 Å². The van der Waals surface area contributed by atoms with Crippen molar-refractivity contribution in [3.05, 3.63) is 199 Å². The third kappa shape index (κ3) is 4.25. The van der Waals surface area contributed by atoms with E-state index in [-0.39, 0.29) is 0 Å². The third-order valence-electron chi connectivity index (χ3n) is 12.9.